The molecule has 0 radical (unpaired) electrons. The van der Waals surface area contributed by atoms with Crippen LogP contribution in [0.3, 0.4) is 0 Å². The van der Waals surface area contributed by atoms with Crippen LogP contribution in [0.4, 0.5) is 0 Å². The molecule has 3 fully saturated rings. The Hall–Kier alpha value is -1.40. The number of fused-ring (bicyclic) bond motifs is 5. The fourth-order valence-electron chi connectivity index (χ4n) is 6.70. The van der Waals surface area contributed by atoms with E-state index in [0.717, 1.165) is 38.5 Å². The average molecular weight is 325 g/mol. The minimum absolute atomic E-state index is 0.0533. The van der Waals surface area contributed by atoms with Gasteiger partial charge in [-0.25, -0.2) is 0 Å². The van der Waals surface area contributed by atoms with Crippen LogP contribution in [0.2, 0.25) is 0 Å². The molecule has 4 aliphatic carbocycles. The highest BCUT2D eigenvalue weighted by Crippen LogP contribution is 2.65. The lowest BCUT2D eigenvalue weighted by Crippen LogP contribution is -2.54. The van der Waals surface area contributed by atoms with E-state index in [9.17, 15) is 9.90 Å². The molecule has 0 heterocycles. The van der Waals surface area contributed by atoms with Gasteiger partial charge in [0, 0.05) is 18.4 Å². The number of carbonyl (C=O) groups excluding carboxylic acids is 1. The number of Topliss-reactive ketones (excluding diaryl/α,β-unsaturated/α-hetero) is 1. The Morgan fingerprint density at radius 3 is 2.79 bits per heavy atom. The van der Waals surface area contributed by atoms with Gasteiger partial charge in [-0.2, -0.15) is 5.26 Å². The van der Waals surface area contributed by atoms with Crippen molar-refractivity contribution in [2.75, 3.05) is 0 Å². The van der Waals surface area contributed by atoms with E-state index in [-0.39, 0.29) is 22.9 Å². The minimum atomic E-state index is -0.328. The molecule has 0 saturated heterocycles. The van der Waals surface area contributed by atoms with Crippen molar-refractivity contribution in [3.63, 3.8) is 0 Å². The van der Waals surface area contributed by atoms with Gasteiger partial charge in [0.15, 0.2) is 0 Å². The standard InChI is InChI=1S/C21H27NO2/c1-20-9-7-15(23)11-14(20)3-5-16-17-6-4-13(8-10-22)21(17,2)12-18(24)19(16)20/h8,11,15-17,19,23H,3-7,9,12H2,1-2H3. The second-order valence-electron chi connectivity index (χ2n) is 8.90. The number of allylic oxidation sites excluding steroid dienone is 3. The Kier molecular flexibility index (Phi) is 3.55. The van der Waals surface area contributed by atoms with Crippen LogP contribution < -0.4 is 0 Å². The van der Waals surface area contributed by atoms with Crippen molar-refractivity contribution in [3.05, 3.63) is 23.3 Å². The largest absolute Gasteiger partial charge is 0.389 e. The van der Waals surface area contributed by atoms with Crippen molar-refractivity contribution < 1.29 is 9.90 Å². The van der Waals surface area contributed by atoms with Crippen LogP contribution in [0.5, 0.6) is 0 Å². The molecule has 0 amide bonds. The van der Waals surface area contributed by atoms with Crippen LogP contribution in [0.1, 0.15) is 58.8 Å². The van der Waals surface area contributed by atoms with Crippen molar-refractivity contribution in [1.29, 1.82) is 5.26 Å². The lowest BCUT2D eigenvalue weighted by atomic mass is 9.47. The van der Waals surface area contributed by atoms with Crippen LogP contribution in [-0.2, 0) is 4.79 Å². The van der Waals surface area contributed by atoms with E-state index >= 15 is 0 Å². The number of carbonyl (C=O) groups is 1. The van der Waals surface area contributed by atoms with Gasteiger partial charge < -0.3 is 5.11 Å². The van der Waals surface area contributed by atoms with E-state index < -0.39 is 0 Å². The van der Waals surface area contributed by atoms with Crippen LogP contribution in [0.15, 0.2) is 23.3 Å². The maximum atomic E-state index is 13.3. The molecule has 6 unspecified atom stereocenters. The topological polar surface area (TPSA) is 61.1 Å². The number of ketones is 1. The summed E-state index contributed by atoms with van der Waals surface area (Å²) in [7, 11) is 0. The lowest BCUT2D eigenvalue weighted by Gasteiger charge is -2.56. The van der Waals surface area contributed by atoms with Gasteiger partial charge in [-0.3, -0.25) is 4.79 Å². The second kappa shape index (κ2) is 5.30. The molecule has 4 aliphatic rings. The van der Waals surface area contributed by atoms with E-state index in [0.29, 0.717) is 24.0 Å². The monoisotopic (exact) mass is 325 g/mol. The zero-order valence-electron chi connectivity index (χ0n) is 14.7. The first kappa shape index (κ1) is 16.1. The Bertz CT molecular complexity index is 684. The Balaban J connectivity index is 1.74. The Morgan fingerprint density at radius 1 is 1.25 bits per heavy atom. The summed E-state index contributed by atoms with van der Waals surface area (Å²) in [5, 5.41) is 19.1. The van der Waals surface area contributed by atoms with Crippen molar-refractivity contribution in [3.8, 4) is 6.07 Å². The number of rotatable bonds is 0. The molecule has 4 rings (SSSR count). The average Bonchev–Trinajstić information content (AvgIpc) is 2.84. The van der Waals surface area contributed by atoms with E-state index in [2.05, 4.69) is 19.9 Å². The number of aliphatic hydroxyl groups excluding tert-OH is 1. The maximum Gasteiger partial charge on any atom is 0.138 e. The lowest BCUT2D eigenvalue weighted by molar-refractivity contribution is -0.142. The highest BCUT2D eigenvalue weighted by atomic mass is 16.3. The molecule has 0 aliphatic heterocycles. The van der Waals surface area contributed by atoms with Gasteiger partial charge in [0.2, 0.25) is 0 Å². The van der Waals surface area contributed by atoms with Crippen molar-refractivity contribution >= 4 is 5.78 Å². The zero-order valence-corrected chi connectivity index (χ0v) is 14.7. The number of hydrogen-bond acceptors (Lipinski definition) is 3. The van der Waals surface area contributed by atoms with E-state index in [1.165, 1.54) is 11.1 Å². The maximum absolute atomic E-state index is 13.3. The molecular weight excluding hydrogens is 298 g/mol. The van der Waals surface area contributed by atoms with Crippen LogP contribution in [-0.4, -0.2) is 17.0 Å². The van der Waals surface area contributed by atoms with Gasteiger partial charge in [-0.1, -0.05) is 31.1 Å². The van der Waals surface area contributed by atoms with Gasteiger partial charge in [-0.15, -0.1) is 0 Å². The summed E-state index contributed by atoms with van der Waals surface area (Å²) >= 11 is 0. The van der Waals surface area contributed by atoms with Gasteiger partial charge in [0.1, 0.15) is 5.78 Å². The van der Waals surface area contributed by atoms with E-state index in [4.69, 9.17) is 5.26 Å². The summed E-state index contributed by atoms with van der Waals surface area (Å²) in [4.78, 5) is 13.3. The third kappa shape index (κ3) is 2.02. The Morgan fingerprint density at radius 2 is 2.04 bits per heavy atom. The number of aliphatic hydroxyl groups is 1. The first-order valence-electron chi connectivity index (χ1n) is 9.41. The third-order valence-electron chi connectivity index (χ3n) is 7.87. The molecule has 0 bridgehead atoms. The molecule has 0 aromatic carbocycles. The highest BCUT2D eigenvalue weighted by molar-refractivity contribution is 5.85. The molecule has 0 aromatic rings. The third-order valence-corrected chi connectivity index (χ3v) is 7.87. The predicted octanol–water partition coefficient (Wildman–Crippen LogP) is 3.94. The summed E-state index contributed by atoms with van der Waals surface area (Å²) in [6.45, 7) is 4.49. The highest BCUT2D eigenvalue weighted by Gasteiger charge is 2.60. The fraction of sp³-hybridized carbons (Fsp3) is 0.714. The van der Waals surface area contributed by atoms with E-state index in [1.54, 1.807) is 6.08 Å². The molecule has 3 heteroatoms. The molecule has 0 aromatic heterocycles. The van der Waals surface area contributed by atoms with Gasteiger partial charge in [0.25, 0.3) is 0 Å². The summed E-state index contributed by atoms with van der Waals surface area (Å²) in [6.07, 6.45) is 9.89. The first-order chi connectivity index (χ1) is 11.4. The fourth-order valence-corrected chi connectivity index (χ4v) is 6.70. The molecule has 1 N–H and O–H groups in total. The van der Waals surface area contributed by atoms with Gasteiger partial charge in [-0.05, 0) is 61.2 Å². The molecule has 0 spiro atoms. The van der Waals surface area contributed by atoms with Crippen molar-refractivity contribution in [2.45, 2.75) is 64.9 Å². The minimum Gasteiger partial charge on any atom is -0.389 e. The summed E-state index contributed by atoms with van der Waals surface area (Å²) < 4.78 is 0. The SMILES string of the molecule is CC12CC(=O)C3C(CCC4=CC(O)CCC43C)C1CCC2=CC#N. The number of hydrogen-bond donors (Lipinski definition) is 1. The zero-order chi connectivity index (χ0) is 17.1. The van der Waals surface area contributed by atoms with Gasteiger partial charge in [0.05, 0.1) is 12.2 Å². The molecule has 24 heavy (non-hydrogen) atoms. The van der Waals surface area contributed by atoms with Crippen LogP contribution >= 0.6 is 0 Å². The van der Waals surface area contributed by atoms with E-state index in [1.807, 2.05) is 6.08 Å². The molecule has 3 nitrogen and oxygen atoms in total. The Labute approximate surface area is 144 Å². The normalized spacial score (nSPS) is 49.0. The number of nitriles is 1. The summed E-state index contributed by atoms with van der Waals surface area (Å²) in [6, 6.07) is 2.20. The molecular formula is C21H27NO2. The van der Waals surface area contributed by atoms with Crippen LogP contribution in [0.25, 0.3) is 0 Å². The predicted molar refractivity (Wildman–Crippen MR) is 91.8 cm³/mol. The molecule has 3 saturated carbocycles. The van der Waals surface area contributed by atoms with Crippen LogP contribution in [0, 0.1) is 39.9 Å². The number of nitrogens with zero attached hydrogens (tertiary/aromatic N) is 1. The van der Waals surface area contributed by atoms with Crippen molar-refractivity contribution in [2.24, 2.45) is 28.6 Å². The molecule has 128 valence electrons. The summed E-state index contributed by atoms with van der Waals surface area (Å²) in [5.74, 6) is 1.49. The molecule has 6 atom stereocenters. The smallest absolute Gasteiger partial charge is 0.138 e. The summed E-state index contributed by atoms with van der Waals surface area (Å²) in [5.41, 5.74) is 2.37. The first-order valence-corrected chi connectivity index (χ1v) is 9.41. The quantitative estimate of drug-likeness (QED) is 0.542. The van der Waals surface area contributed by atoms with Crippen molar-refractivity contribution in [1.82, 2.24) is 0 Å². The van der Waals surface area contributed by atoms with Gasteiger partial charge >= 0.3 is 0 Å². The second-order valence-corrected chi connectivity index (χ2v) is 8.90.